The van der Waals surface area contributed by atoms with Crippen molar-refractivity contribution in [3.8, 4) is 40.3 Å². The topological polar surface area (TPSA) is 98.4 Å². The van der Waals surface area contributed by atoms with Gasteiger partial charge in [-0.25, -0.2) is 4.68 Å². The summed E-state index contributed by atoms with van der Waals surface area (Å²) in [5, 5.41) is 17.4. The maximum atomic E-state index is 13.0. The van der Waals surface area contributed by atoms with Gasteiger partial charge < -0.3 is 19.5 Å². The second kappa shape index (κ2) is 10.1. The maximum Gasteiger partial charge on any atom is 0.266 e. The highest BCUT2D eigenvalue weighted by Crippen LogP contribution is 2.36. The largest absolute Gasteiger partial charge is 0.495 e. The molecule has 0 saturated heterocycles. The molecule has 0 atom stereocenters. The number of anilines is 1. The van der Waals surface area contributed by atoms with Crippen molar-refractivity contribution in [2.24, 2.45) is 0 Å². The number of amides is 1. The van der Waals surface area contributed by atoms with Crippen LogP contribution >= 0.6 is 0 Å². The number of nitrogens with one attached hydrogen (secondary N) is 1. The van der Waals surface area contributed by atoms with E-state index in [4.69, 9.17) is 19.3 Å². The molecule has 3 aromatic carbocycles. The van der Waals surface area contributed by atoms with Gasteiger partial charge in [0.2, 0.25) is 0 Å². The van der Waals surface area contributed by atoms with Crippen molar-refractivity contribution < 1.29 is 19.0 Å². The van der Waals surface area contributed by atoms with Gasteiger partial charge in [-0.1, -0.05) is 30.3 Å². The summed E-state index contributed by atoms with van der Waals surface area (Å²) in [6, 6.07) is 24.2. The smallest absolute Gasteiger partial charge is 0.266 e. The van der Waals surface area contributed by atoms with Crippen LogP contribution in [0.25, 0.3) is 23.0 Å². The molecule has 36 heavy (non-hydrogen) atoms. The first kappa shape index (κ1) is 22.7. The zero-order valence-electron chi connectivity index (χ0n) is 19.5. The molecule has 5 rings (SSSR count). The molecule has 1 aromatic heterocycles. The van der Waals surface area contributed by atoms with E-state index in [0.717, 1.165) is 11.3 Å². The SMILES string of the molecule is COc1ccccc1NC(=O)C(C#N)=Cc1cn(-c2ccccc2)nc1-c1ccc2c(c1)OCCO2. The maximum absolute atomic E-state index is 13.0. The lowest BCUT2D eigenvalue weighted by Gasteiger charge is -2.18. The molecule has 0 unspecified atom stereocenters. The molecule has 1 aliphatic heterocycles. The van der Waals surface area contributed by atoms with Gasteiger partial charge in [0.25, 0.3) is 5.91 Å². The molecule has 4 aromatic rings. The number of nitriles is 1. The van der Waals surface area contributed by atoms with E-state index in [0.29, 0.717) is 47.4 Å². The predicted molar refractivity (Wildman–Crippen MR) is 135 cm³/mol. The van der Waals surface area contributed by atoms with Crippen LogP contribution in [0.3, 0.4) is 0 Å². The Morgan fingerprint density at radius 3 is 2.58 bits per heavy atom. The average molecular weight is 479 g/mol. The number of methoxy groups -OCH3 is 1. The highest BCUT2D eigenvalue weighted by Gasteiger charge is 2.19. The highest BCUT2D eigenvalue weighted by atomic mass is 16.6. The average Bonchev–Trinajstić information content (AvgIpc) is 3.36. The van der Waals surface area contributed by atoms with E-state index in [1.807, 2.05) is 54.6 Å². The summed E-state index contributed by atoms with van der Waals surface area (Å²) in [5.41, 5.74) is 3.19. The standard InChI is InChI=1S/C28H22N4O4/c1-34-24-10-6-5-9-23(24)30-28(33)20(17-29)15-21-18-32(22-7-3-2-4-8-22)31-27(21)19-11-12-25-26(16-19)36-14-13-35-25/h2-12,15-16,18H,13-14H2,1H3,(H,30,33). The highest BCUT2D eigenvalue weighted by molar-refractivity contribution is 6.10. The van der Waals surface area contributed by atoms with Crippen molar-refractivity contribution in [3.63, 3.8) is 0 Å². The van der Waals surface area contributed by atoms with Crippen LogP contribution in [-0.4, -0.2) is 36.0 Å². The molecule has 0 saturated carbocycles. The van der Waals surface area contributed by atoms with E-state index in [1.54, 1.807) is 35.1 Å². The molecule has 2 heterocycles. The molecule has 8 nitrogen and oxygen atoms in total. The fourth-order valence-corrected chi connectivity index (χ4v) is 3.86. The van der Waals surface area contributed by atoms with Crippen LogP contribution in [0.15, 0.2) is 84.6 Å². The van der Waals surface area contributed by atoms with Gasteiger partial charge in [-0.2, -0.15) is 10.4 Å². The van der Waals surface area contributed by atoms with E-state index >= 15 is 0 Å². The number of carbonyl (C=O) groups excluding carboxylic acids is 1. The van der Waals surface area contributed by atoms with Gasteiger partial charge in [-0.15, -0.1) is 0 Å². The predicted octanol–water partition coefficient (Wildman–Crippen LogP) is 4.86. The summed E-state index contributed by atoms with van der Waals surface area (Å²) in [6.45, 7) is 0.958. The fourth-order valence-electron chi connectivity index (χ4n) is 3.86. The van der Waals surface area contributed by atoms with Crippen LogP contribution < -0.4 is 19.5 Å². The molecular weight excluding hydrogens is 456 g/mol. The number of aromatic nitrogens is 2. The van der Waals surface area contributed by atoms with Crippen LogP contribution in [0.1, 0.15) is 5.56 Å². The number of fused-ring (bicyclic) bond motifs is 1. The summed E-state index contributed by atoms with van der Waals surface area (Å²) in [7, 11) is 1.52. The summed E-state index contributed by atoms with van der Waals surface area (Å²) in [4.78, 5) is 13.0. The van der Waals surface area contributed by atoms with E-state index < -0.39 is 5.91 Å². The van der Waals surface area contributed by atoms with Crippen molar-refractivity contribution >= 4 is 17.7 Å². The third-order valence-corrected chi connectivity index (χ3v) is 5.60. The molecule has 0 radical (unpaired) electrons. The number of hydrogen-bond donors (Lipinski definition) is 1. The van der Waals surface area contributed by atoms with Gasteiger partial charge in [0, 0.05) is 17.3 Å². The van der Waals surface area contributed by atoms with Crippen LogP contribution in [0.4, 0.5) is 5.69 Å². The second-order valence-electron chi connectivity index (χ2n) is 7.90. The fraction of sp³-hybridized carbons (Fsp3) is 0.107. The van der Waals surface area contributed by atoms with Gasteiger partial charge in [-0.05, 0) is 48.5 Å². The van der Waals surface area contributed by atoms with Crippen LogP contribution in [0.2, 0.25) is 0 Å². The van der Waals surface area contributed by atoms with Crippen LogP contribution in [0, 0.1) is 11.3 Å². The zero-order chi connectivity index (χ0) is 24.9. The number of hydrogen-bond acceptors (Lipinski definition) is 6. The molecule has 1 N–H and O–H groups in total. The second-order valence-corrected chi connectivity index (χ2v) is 7.90. The van der Waals surface area contributed by atoms with Gasteiger partial charge in [0.15, 0.2) is 11.5 Å². The monoisotopic (exact) mass is 478 g/mol. The minimum absolute atomic E-state index is 0.0766. The van der Waals surface area contributed by atoms with E-state index in [2.05, 4.69) is 5.32 Å². The summed E-state index contributed by atoms with van der Waals surface area (Å²) in [6.07, 6.45) is 3.32. The molecule has 1 amide bonds. The van der Waals surface area contributed by atoms with E-state index in [9.17, 15) is 10.1 Å². The Hall–Kier alpha value is -5.03. The van der Waals surface area contributed by atoms with Crippen molar-refractivity contribution in [1.29, 1.82) is 5.26 Å². The minimum atomic E-state index is -0.553. The number of rotatable bonds is 6. The molecule has 0 spiro atoms. The quantitative estimate of drug-likeness (QED) is 0.314. The lowest BCUT2D eigenvalue weighted by molar-refractivity contribution is -0.112. The Kier molecular flexibility index (Phi) is 6.36. The number of para-hydroxylation sites is 3. The molecule has 178 valence electrons. The van der Waals surface area contributed by atoms with Crippen molar-refractivity contribution in [2.45, 2.75) is 0 Å². The number of nitrogens with zero attached hydrogens (tertiary/aromatic N) is 3. The Morgan fingerprint density at radius 1 is 1.06 bits per heavy atom. The van der Waals surface area contributed by atoms with Crippen molar-refractivity contribution in [1.82, 2.24) is 9.78 Å². The number of ether oxygens (including phenoxy) is 3. The Balaban J connectivity index is 1.56. The number of carbonyl (C=O) groups is 1. The van der Waals surface area contributed by atoms with Gasteiger partial charge in [-0.3, -0.25) is 4.79 Å². The van der Waals surface area contributed by atoms with Crippen LogP contribution in [-0.2, 0) is 4.79 Å². The zero-order valence-corrected chi connectivity index (χ0v) is 19.5. The third kappa shape index (κ3) is 4.63. The Labute approximate surface area is 208 Å². The Morgan fingerprint density at radius 2 is 1.81 bits per heavy atom. The lowest BCUT2D eigenvalue weighted by Crippen LogP contribution is -2.15. The summed E-state index contributed by atoms with van der Waals surface area (Å²) >= 11 is 0. The van der Waals surface area contributed by atoms with E-state index in [-0.39, 0.29) is 5.57 Å². The van der Waals surface area contributed by atoms with Gasteiger partial charge >= 0.3 is 0 Å². The summed E-state index contributed by atoms with van der Waals surface area (Å²) in [5.74, 6) is 1.23. The van der Waals surface area contributed by atoms with Crippen molar-refractivity contribution in [2.75, 3.05) is 25.6 Å². The normalized spacial score (nSPS) is 12.5. The van der Waals surface area contributed by atoms with Gasteiger partial charge in [0.05, 0.1) is 18.5 Å². The molecule has 0 fully saturated rings. The third-order valence-electron chi connectivity index (χ3n) is 5.60. The first-order valence-electron chi connectivity index (χ1n) is 11.3. The molecular formula is C28H22N4O4. The molecule has 0 aliphatic carbocycles. The Bertz CT molecular complexity index is 1490. The summed E-state index contributed by atoms with van der Waals surface area (Å²) < 4.78 is 18.4. The molecule has 1 aliphatic rings. The first-order chi connectivity index (χ1) is 17.7. The van der Waals surface area contributed by atoms with Gasteiger partial charge in [0.1, 0.15) is 36.3 Å². The number of benzene rings is 3. The van der Waals surface area contributed by atoms with Crippen molar-refractivity contribution in [3.05, 3.63) is 90.1 Å². The minimum Gasteiger partial charge on any atom is -0.495 e. The van der Waals surface area contributed by atoms with E-state index in [1.165, 1.54) is 13.2 Å². The van der Waals surface area contributed by atoms with Crippen LogP contribution in [0.5, 0.6) is 17.2 Å². The molecule has 8 heteroatoms. The lowest BCUT2D eigenvalue weighted by atomic mass is 10.0. The molecule has 0 bridgehead atoms. The first-order valence-corrected chi connectivity index (χ1v) is 11.3.